The van der Waals surface area contributed by atoms with Crippen LogP contribution < -0.4 is 4.74 Å². The molecule has 0 radical (unpaired) electrons. The standard InChI is InChI=1S/C9H8N4O/c1-2-11-7-13-9(1)14-6-8-5-10-3-4-12-8/h1-5,7H,6H2. The summed E-state index contributed by atoms with van der Waals surface area (Å²) in [5.74, 6) is 0.533. The normalized spacial score (nSPS) is 9.71. The molecule has 2 aromatic rings. The Hall–Kier alpha value is -2.04. The largest absolute Gasteiger partial charge is 0.471 e. The lowest BCUT2D eigenvalue weighted by molar-refractivity contribution is 0.288. The fourth-order valence-corrected chi connectivity index (χ4v) is 0.916. The monoisotopic (exact) mass is 188 g/mol. The average Bonchev–Trinajstić information content (AvgIpc) is 2.29. The summed E-state index contributed by atoms with van der Waals surface area (Å²) in [5, 5.41) is 0. The maximum atomic E-state index is 5.34. The van der Waals surface area contributed by atoms with Gasteiger partial charge in [0.05, 0.1) is 11.9 Å². The molecule has 0 spiro atoms. The number of hydrogen-bond acceptors (Lipinski definition) is 5. The molecule has 5 heteroatoms. The van der Waals surface area contributed by atoms with E-state index in [9.17, 15) is 0 Å². The Labute approximate surface area is 80.8 Å². The number of nitrogens with zero attached hydrogens (tertiary/aromatic N) is 4. The van der Waals surface area contributed by atoms with Crippen LogP contribution in [-0.2, 0) is 6.61 Å². The SMILES string of the molecule is c1cc(OCc2cnccn2)ncn1. The minimum Gasteiger partial charge on any atom is -0.471 e. The average molecular weight is 188 g/mol. The van der Waals surface area contributed by atoms with Crippen LogP contribution in [0.3, 0.4) is 0 Å². The molecule has 0 N–H and O–H groups in total. The van der Waals surface area contributed by atoms with Gasteiger partial charge in [-0.3, -0.25) is 9.97 Å². The van der Waals surface area contributed by atoms with Gasteiger partial charge in [0.25, 0.3) is 0 Å². The molecule has 2 rings (SSSR count). The van der Waals surface area contributed by atoms with Gasteiger partial charge < -0.3 is 4.74 Å². The van der Waals surface area contributed by atoms with Gasteiger partial charge in [-0.1, -0.05) is 0 Å². The van der Waals surface area contributed by atoms with Gasteiger partial charge in [0, 0.05) is 24.7 Å². The predicted octanol–water partition coefficient (Wildman–Crippen LogP) is 0.846. The third-order valence-corrected chi connectivity index (χ3v) is 1.54. The lowest BCUT2D eigenvalue weighted by Crippen LogP contribution is -1.99. The van der Waals surface area contributed by atoms with Gasteiger partial charge in [-0.25, -0.2) is 9.97 Å². The molecule has 2 aromatic heterocycles. The molecule has 0 saturated heterocycles. The highest BCUT2D eigenvalue weighted by Gasteiger charge is 1.96. The second-order valence-corrected chi connectivity index (χ2v) is 2.53. The van der Waals surface area contributed by atoms with Gasteiger partial charge in [0.2, 0.25) is 5.88 Å². The molecule has 0 aliphatic rings. The van der Waals surface area contributed by atoms with Crippen molar-refractivity contribution in [1.82, 2.24) is 19.9 Å². The molecular weight excluding hydrogens is 180 g/mol. The van der Waals surface area contributed by atoms with Crippen molar-refractivity contribution in [2.45, 2.75) is 6.61 Å². The maximum absolute atomic E-state index is 5.34. The fraction of sp³-hybridized carbons (Fsp3) is 0.111. The zero-order valence-electron chi connectivity index (χ0n) is 7.37. The van der Waals surface area contributed by atoms with E-state index in [0.717, 1.165) is 5.69 Å². The summed E-state index contributed by atoms with van der Waals surface area (Å²) in [5.41, 5.74) is 0.770. The van der Waals surface area contributed by atoms with Crippen molar-refractivity contribution >= 4 is 0 Å². The first-order valence-corrected chi connectivity index (χ1v) is 4.09. The lowest BCUT2D eigenvalue weighted by Gasteiger charge is -2.02. The van der Waals surface area contributed by atoms with Crippen LogP contribution in [0.25, 0.3) is 0 Å². The van der Waals surface area contributed by atoms with Crippen LogP contribution in [0.1, 0.15) is 5.69 Å². The highest BCUT2D eigenvalue weighted by molar-refractivity contribution is 5.05. The minimum atomic E-state index is 0.366. The second kappa shape index (κ2) is 4.27. The van der Waals surface area contributed by atoms with Crippen molar-refractivity contribution < 1.29 is 4.74 Å². The van der Waals surface area contributed by atoms with Crippen molar-refractivity contribution in [2.75, 3.05) is 0 Å². The van der Waals surface area contributed by atoms with Crippen LogP contribution in [0.2, 0.25) is 0 Å². The number of hydrogen-bond donors (Lipinski definition) is 0. The Morgan fingerprint density at radius 1 is 1.07 bits per heavy atom. The van der Waals surface area contributed by atoms with Crippen molar-refractivity contribution in [3.8, 4) is 5.88 Å². The molecule has 0 amide bonds. The molecule has 0 aliphatic carbocycles. The van der Waals surface area contributed by atoms with E-state index in [1.54, 1.807) is 30.9 Å². The molecule has 0 atom stereocenters. The third kappa shape index (κ3) is 2.22. The van der Waals surface area contributed by atoms with Gasteiger partial charge >= 0.3 is 0 Å². The highest BCUT2D eigenvalue weighted by atomic mass is 16.5. The zero-order valence-corrected chi connectivity index (χ0v) is 7.37. The van der Waals surface area contributed by atoms with Crippen LogP contribution in [-0.4, -0.2) is 19.9 Å². The van der Waals surface area contributed by atoms with E-state index in [0.29, 0.717) is 12.5 Å². The summed E-state index contributed by atoms with van der Waals surface area (Å²) in [6.45, 7) is 0.366. The van der Waals surface area contributed by atoms with Gasteiger partial charge in [0.15, 0.2) is 0 Å². The molecule has 0 fully saturated rings. The van der Waals surface area contributed by atoms with Crippen molar-refractivity contribution in [1.29, 1.82) is 0 Å². The van der Waals surface area contributed by atoms with Gasteiger partial charge in [0.1, 0.15) is 12.9 Å². The minimum absolute atomic E-state index is 0.366. The van der Waals surface area contributed by atoms with E-state index in [2.05, 4.69) is 19.9 Å². The smallest absolute Gasteiger partial charge is 0.216 e. The van der Waals surface area contributed by atoms with E-state index in [-0.39, 0.29) is 0 Å². The summed E-state index contributed by atoms with van der Waals surface area (Å²) < 4.78 is 5.34. The summed E-state index contributed by atoms with van der Waals surface area (Å²) in [6, 6.07) is 1.69. The number of aromatic nitrogens is 4. The summed E-state index contributed by atoms with van der Waals surface area (Å²) in [6.07, 6.45) is 7.96. The Balaban J connectivity index is 1.96. The number of ether oxygens (including phenoxy) is 1. The predicted molar refractivity (Wildman–Crippen MR) is 48.4 cm³/mol. The second-order valence-electron chi connectivity index (χ2n) is 2.53. The lowest BCUT2D eigenvalue weighted by atomic mass is 10.5. The van der Waals surface area contributed by atoms with E-state index >= 15 is 0 Å². The Bertz CT molecular complexity index is 339. The summed E-state index contributed by atoms with van der Waals surface area (Å²) in [4.78, 5) is 15.7. The third-order valence-electron chi connectivity index (χ3n) is 1.54. The number of rotatable bonds is 3. The first kappa shape index (κ1) is 8.55. The maximum Gasteiger partial charge on any atom is 0.216 e. The highest BCUT2D eigenvalue weighted by Crippen LogP contribution is 2.04. The fourth-order valence-electron chi connectivity index (χ4n) is 0.916. The van der Waals surface area contributed by atoms with Crippen LogP contribution in [0.5, 0.6) is 5.88 Å². The molecule has 0 bridgehead atoms. The van der Waals surface area contributed by atoms with Gasteiger partial charge in [-0.15, -0.1) is 0 Å². The molecule has 14 heavy (non-hydrogen) atoms. The molecule has 70 valence electrons. The quantitative estimate of drug-likeness (QED) is 0.714. The van der Waals surface area contributed by atoms with Crippen LogP contribution >= 0.6 is 0 Å². The topological polar surface area (TPSA) is 60.8 Å². The van der Waals surface area contributed by atoms with E-state index in [1.807, 2.05) is 0 Å². The molecule has 2 heterocycles. The Morgan fingerprint density at radius 3 is 2.79 bits per heavy atom. The van der Waals surface area contributed by atoms with E-state index in [1.165, 1.54) is 6.33 Å². The Kier molecular flexibility index (Phi) is 2.61. The van der Waals surface area contributed by atoms with Crippen molar-refractivity contribution in [2.24, 2.45) is 0 Å². The Morgan fingerprint density at radius 2 is 2.07 bits per heavy atom. The first-order chi connectivity index (χ1) is 6.95. The van der Waals surface area contributed by atoms with Gasteiger partial charge in [-0.2, -0.15) is 0 Å². The molecule has 0 unspecified atom stereocenters. The van der Waals surface area contributed by atoms with Crippen LogP contribution in [0.4, 0.5) is 0 Å². The van der Waals surface area contributed by atoms with Crippen molar-refractivity contribution in [3.63, 3.8) is 0 Å². The first-order valence-electron chi connectivity index (χ1n) is 4.09. The molecular formula is C9H8N4O. The molecule has 0 aromatic carbocycles. The molecule has 0 aliphatic heterocycles. The van der Waals surface area contributed by atoms with Gasteiger partial charge in [-0.05, 0) is 0 Å². The van der Waals surface area contributed by atoms with Crippen LogP contribution in [0, 0.1) is 0 Å². The molecule has 0 saturated carbocycles. The van der Waals surface area contributed by atoms with E-state index < -0.39 is 0 Å². The van der Waals surface area contributed by atoms with Crippen LogP contribution in [0.15, 0.2) is 37.2 Å². The molecule has 5 nitrogen and oxygen atoms in total. The summed E-state index contributed by atoms with van der Waals surface area (Å²) >= 11 is 0. The summed E-state index contributed by atoms with van der Waals surface area (Å²) in [7, 11) is 0. The van der Waals surface area contributed by atoms with Crippen molar-refractivity contribution in [3.05, 3.63) is 42.9 Å². The van der Waals surface area contributed by atoms with E-state index in [4.69, 9.17) is 4.74 Å². The zero-order chi connectivity index (χ0) is 9.64.